The summed E-state index contributed by atoms with van der Waals surface area (Å²) in [5, 5.41) is -0.00364. The molecule has 0 amide bonds. The van der Waals surface area contributed by atoms with Gasteiger partial charge in [-0.3, -0.25) is 0 Å². The summed E-state index contributed by atoms with van der Waals surface area (Å²) in [5.74, 6) is 2.36. The summed E-state index contributed by atoms with van der Waals surface area (Å²) in [6.45, 7) is 1.68. The molecule has 5 nitrogen and oxygen atoms in total. The zero-order valence-electron chi connectivity index (χ0n) is 7.69. The first-order valence-electron chi connectivity index (χ1n) is 3.74. The second kappa shape index (κ2) is 4.63. The van der Waals surface area contributed by atoms with E-state index in [-0.39, 0.29) is 17.3 Å². The highest BCUT2D eigenvalue weighted by Crippen LogP contribution is 2.13. The van der Waals surface area contributed by atoms with Crippen LogP contribution in [-0.4, -0.2) is 28.2 Å². The van der Waals surface area contributed by atoms with Gasteiger partial charge >= 0.3 is 12.0 Å². The molecule has 1 aromatic heterocycles. The topological polar surface area (TPSA) is 57.1 Å². The molecule has 0 radical (unpaired) electrons. The van der Waals surface area contributed by atoms with Crippen molar-refractivity contribution in [3.8, 4) is 24.4 Å². The third-order valence-electron chi connectivity index (χ3n) is 1.27. The van der Waals surface area contributed by atoms with Crippen LogP contribution in [-0.2, 0) is 0 Å². The number of methoxy groups -OCH3 is 1. The lowest BCUT2D eigenvalue weighted by Gasteiger charge is -2.06. The van der Waals surface area contributed by atoms with Crippen molar-refractivity contribution in [2.24, 2.45) is 0 Å². The van der Waals surface area contributed by atoms with E-state index in [9.17, 15) is 0 Å². The molecule has 1 atom stereocenters. The van der Waals surface area contributed by atoms with Gasteiger partial charge in [-0.05, 0) is 18.5 Å². The summed E-state index contributed by atoms with van der Waals surface area (Å²) in [4.78, 5) is 11.2. The van der Waals surface area contributed by atoms with Gasteiger partial charge in [-0.1, -0.05) is 5.92 Å². The minimum Gasteiger partial charge on any atom is -0.467 e. The molecule has 74 valence electrons. The van der Waals surface area contributed by atoms with Crippen molar-refractivity contribution >= 4 is 11.6 Å². The number of terminal acetylenes is 1. The summed E-state index contributed by atoms with van der Waals surface area (Å²) in [6.07, 6.45) is 4.69. The van der Waals surface area contributed by atoms with Crippen molar-refractivity contribution in [2.75, 3.05) is 7.11 Å². The maximum atomic E-state index is 5.58. The summed E-state index contributed by atoms with van der Waals surface area (Å²) in [7, 11) is 1.42. The van der Waals surface area contributed by atoms with Crippen molar-refractivity contribution < 1.29 is 9.47 Å². The van der Waals surface area contributed by atoms with Crippen LogP contribution in [0.5, 0.6) is 12.0 Å². The maximum Gasteiger partial charge on any atom is 0.325 e. The van der Waals surface area contributed by atoms with Gasteiger partial charge in [-0.15, -0.1) is 11.4 Å². The smallest absolute Gasteiger partial charge is 0.325 e. The summed E-state index contributed by atoms with van der Waals surface area (Å²) in [6, 6.07) is 0.136. The lowest BCUT2D eigenvalue weighted by atomic mass is 10.4. The Labute approximate surface area is 86.4 Å². The molecule has 0 fully saturated rings. The van der Waals surface area contributed by atoms with Gasteiger partial charge in [0.1, 0.15) is 0 Å². The van der Waals surface area contributed by atoms with Crippen LogP contribution < -0.4 is 9.47 Å². The molecular weight excluding hydrogens is 206 g/mol. The average Bonchev–Trinajstić information content (AvgIpc) is 2.16. The number of ether oxygens (including phenoxy) is 2. The van der Waals surface area contributed by atoms with Crippen LogP contribution in [0.1, 0.15) is 6.92 Å². The molecule has 0 spiro atoms. The number of hydrogen-bond acceptors (Lipinski definition) is 5. The largest absolute Gasteiger partial charge is 0.467 e. The first-order valence-corrected chi connectivity index (χ1v) is 4.12. The fourth-order valence-corrected chi connectivity index (χ4v) is 0.795. The Morgan fingerprint density at radius 2 is 2.00 bits per heavy atom. The first-order chi connectivity index (χ1) is 6.65. The predicted octanol–water partition coefficient (Wildman–Crippen LogP) is 0.934. The van der Waals surface area contributed by atoms with E-state index in [0.717, 1.165) is 0 Å². The second-order valence-electron chi connectivity index (χ2n) is 2.30. The van der Waals surface area contributed by atoms with E-state index >= 15 is 0 Å². The molecule has 1 unspecified atom stereocenters. The Balaban J connectivity index is 2.87. The lowest BCUT2D eigenvalue weighted by molar-refractivity contribution is 0.248. The van der Waals surface area contributed by atoms with Crippen molar-refractivity contribution in [1.82, 2.24) is 15.0 Å². The SMILES string of the molecule is C#CC(C)Oc1nc(Cl)nc(OC)n1. The molecule has 14 heavy (non-hydrogen) atoms. The Hall–Kier alpha value is -1.54. The molecule has 0 saturated carbocycles. The lowest BCUT2D eigenvalue weighted by Crippen LogP contribution is -2.11. The number of nitrogens with zero attached hydrogens (tertiary/aromatic N) is 3. The van der Waals surface area contributed by atoms with E-state index in [0.29, 0.717) is 0 Å². The van der Waals surface area contributed by atoms with Gasteiger partial charge in [0.2, 0.25) is 5.28 Å². The molecule has 0 aliphatic rings. The molecule has 0 saturated heterocycles. The highest BCUT2D eigenvalue weighted by molar-refractivity contribution is 6.28. The third-order valence-corrected chi connectivity index (χ3v) is 1.44. The Morgan fingerprint density at radius 1 is 1.36 bits per heavy atom. The normalized spacial score (nSPS) is 11.6. The molecule has 0 aliphatic heterocycles. The van der Waals surface area contributed by atoms with E-state index in [1.165, 1.54) is 7.11 Å². The van der Waals surface area contributed by atoms with Gasteiger partial charge in [-0.2, -0.15) is 9.97 Å². The highest BCUT2D eigenvalue weighted by atomic mass is 35.5. The predicted molar refractivity (Wildman–Crippen MR) is 50.3 cm³/mol. The first kappa shape index (κ1) is 10.5. The molecular formula is C8H8ClN3O2. The number of aromatic nitrogens is 3. The Morgan fingerprint density at radius 3 is 2.57 bits per heavy atom. The van der Waals surface area contributed by atoms with Gasteiger partial charge in [0, 0.05) is 0 Å². The maximum absolute atomic E-state index is 5.58. The minimum absolute atomic E-state index is 0.00364. The number of halogens is 1. The van der Waals surface area contributed by atoms with Crippen LogP contribution in [0.25, 0.3) is 0 Å². The molecule has 6 heteroatoms. The zero-order valence-corrected chi connectivity index (χ0v) is 8.45. The molecule has 0 N–H and O–H groups in total. The fraction of sp³-hybridized carbons (Fsp3) is 0.375. The highest BCUT2D eigenvalue weighted by Gasteiger charge is 2.08. The zero-order chi connectivity index (χ0) is 10.6. The van der Waals surface area contributed by atoms with Crippen LogP contribution in [0.4, 0.5) is 0 Å². The quantitative estimate of drug-likeness (QED) is 0.700. The van der Waals surface area contributed by atoms with Crippen LogP contribution in [0.15, 0.2) is 0 Å². The monoisotopic (exact) mass is 213 g/mol. The van der Waals surface area contributed by atoms with E-state index in [1.807, 2.05) is 0 Å². The fourth-order valence-electron chi connectivity index (χ4n) is 0.651. The van der Waals surface area contributed by atoms with Gasteiger partial charge < -0.3 is 9.47 Å². The number of rotatable bonds is 3. The average molecular weight is 214 g/mol. The van der Waals surface area contributed by atoms with E-state index in [4.69, 9.17) is 27.5 Å². The van der Waals surface area contributed by atoms with Gasteiger partial charge in [-0.25, -0.2) is 0 Å². The summed E-state index contributed by atoms with van der Waals surface area (Å²) in [5.41, 5.74) is 0. The van der Waals surface area contributed by atoms with Gasteiger partial charge in [0.25, 0.3) is 0 Å². The molecule has 0 bridgehead atoms. The van der Waals surface area contributed by atoms with Crippen LogP contribution in [0.2, 0.25) is 5.28 Å². The summed E-state index contributed by atoms with van der Waals surface area (Å²) >= 11 is 5.58. The molecule has 1 aromatic rings. The molecule has 1 rings (SSSR count). The van der Waals surface area contributed by atoms with E-state index < -0.39 is 6.10 Å². The minimum atomic E-state index is -0.432. The Bertz CT molecular complexity index is 364. The van der Waals surface area contributed by atoms with Crippen molar-refractivity contribution in [2.45, 2.75) is 13.0 Å². The van der Waals surface area contributed by atoms with E-state index in [1.54, 1.807) is 6.92 Å². The van der Waals surface area contributed by atoms with Crippen LogP contribution >= 0.6 is 11.6 Å². The van der Waals surface area contributed by atoms with Crippen LogP contribution in [0.3, 0.4) is 0 Å². The second-order valence-corrected chi connectivity index (χ2v) is 2.64. The Kier molecular flexibility index (Phi) is 3.48. The third kappa shape index (κ3) is 2.75. The number of hydrogen-bond donors (Lipinski definition) is 0. The van der Waals surface area contributed by atoms with Crippen molar-refractivity contribution in [3.05, 3.63) is 5.28 Å². The standard InChI is InChI=1S/C8H8ClN3O2/c1-4-5(2)14-8-11-6(9)10-7(12-8)13-3/h1,5H,2-3H3. The van der Waals surface area contributed by atoms with Crippen molar-refractivity contribution in [1.29, 1.82) is 0 Å². The van der Waals surface area contributed by atoms with Crippen LogP contribution in [0, 0.1) is 12.3 Å². The summed E-state index contributed by atoms with van der Waals surface area (Å²) < 4.78 is 9.90. The van der Waals surface area contributed by atoms with E-state index in [2.05, 4.69) is 20.9 Å². The van der Waals surface area contributed by atoms with Gasteiger partial charge in [0.05, 0.1) is 7.11 Å². The molecule has 1 heterocycles. The molecule has 0 aromatic carbocycles. The molecule has 0 aliphatic carbocycles. The van der Waals surface area contributed by atoms with Crippen molar-refractivity contribution in [3.63, 3.8) is 0 Å². The van der Waals surface area contributed by atoms with Gasteiger partial charge in [0.15, 0.2) is 6.10 Å².